The van der Waals surface area contributed by atoms with Crippen molar-refractivity contribution in [3.8, 4) is 0 Å². The third-order valence-electron chi connectivity index (χ3n) is 3.27. The summed E-state index contributed by atoms with van der Waals surface area (Å²) >= 11 is 0. The standard InChI is InChI=1S/C12H18O2/c1-2-3-8-11-9-6-4-5-7-10(9)12(13)14-11/h7,9,11H,2-6,8H2,1H3/t9-,11+/m1/s1. The molecule has 0 amide bonds. The van der Waals surface area contributed by atoms with Crippen molar-refractivity contribution in [2.75, 3.05) is 0 Å². The third kappa shape index (κ3) is 1.70. The van der Waals surface area contributed by atoms with Gasteiger partial charge in [-0.2, -0.15) is 0 Å². The van der Waals surface area contributed by atoms with E-state index in [0.717, 1.165) is 24.8 Å². The number of esters is 1. The number of carbonyl (C=O) groups is 1. The molecule has 14 heavy (non-hydrogen) atoms. The topological polar surface area (TPSA) is 26.3 Å². The molecule has 0 unspecified atom stereocenters. The maximum absolute atomic E-state index is 11.5. The van der Waals surface area contributed by atoms with Gasteiger partial charge in [0.15, 0.2) is 0 Å². The second kappa shape index (κ2) is 4.16. The second-order valence-corrected chi connectivity index (χ2v) is 4.28. The van der Waals surface area contributed by atoms with Gasteiger partial charge in [0.1, 0.15) is 6.10 Å². The Morgan fingerprint density at radius 1 is 1.57 bits per heavy atom. The van der Waals surface area contributed by atoms with Crippen molar-refractivity contribution in [2.24, 2.45) is 5.92 Å². The third-order valence-corrected chi connectivity index (χ3v) is 3.27. The van der Waals surface area contributed by atoms with Gasteiger partial charge in [-0.25, -0.2) is 4.79 Å². The molecule has 0 N–H and O–H groups in total. The number of hydrogen-bond donors (Lipinski definition) is 0. The quantitative estimate of drug-likeness (QED) is 0.646. The Morgan fingerprint density at radius 3 is 3.21 bits per heavy atom. The first-order chi connectivity index (χ1) is 6.83. The van der Waals surface area contributed by atoms with E-state index in [-0.39, 0.29) is 12.1 Å². The van der Waals surface area contributed by atoms with Crippen molar-refractivity contribution < 1.29 is 9.53 Å². The van der Waals surface area contributed by atoms with Crippen LogP contribution in [0.2, 0.25) is 0 Å². The fourth-order valence-electron chi connectivity index (χ4n) is 2.48. The van der Waals surface area contributed by atoms with Crippen molar-refractivity contribution in [2.45, 2.75) is 51.6 Å². The summed E-state index contributed by atoms with van der Waals surface area (Å²) in [5.41, 5.74) is 0.970. The first-order valence-electron chi connectivity index (χ1n) is 5.74. The summed E-state index contributed by atoms with van der Waals surface area (Å²) in [7, 11) is 0. The average Bonchev–Trinajstić information content (AvgIpc) is 2.54. The second-order valence-electron chi connectivity index (χ2n) is 4.28. The summed E-state index contributed by atoms with van der Waals surface area (Å²) in [6.45, 7) is 2.17. The lowest BCUT2D eigenvalue weighted by molar-refractivity contribution is -0.139. The van der Waals surface area contributed by atoms with Gasteiger partial charge in [-0.05, 0) is 25.7 Å². The van der Waals surface area contributed by atoms with Crippen molar-refractivity contribution in [3.05, 3.63) is 11.6 Å². The van der Waals surface area contributed by atoms with E-state index in [1.165, 1.54) is 19.3 Å². The molecule has 2 heteroatoms. The highest BCUT2D eigenvalue weighted by Gasteiger charge is 2.39. The predicted molar refractivity (Wildman–Crippen MR) is 54.8 cm³/mol. The summed E-state index contributed by atoms with van der Waals surface area (Å²) in [6, 6.07) is 0. The molecular formula is C12H18O2. The van der Waals surface area contributed by atoms with E-state index in [9.17, 15) is 4.79 Å². The van der Waals surface area contributed by atoms with E-state index >= 15 is 0 Å². The molecule has 1 heterocycles. The summed E-state index contributed by atoms with van der Waals surface area (Å²) in [5, 5.41) is 0. The Hall–Kier alpha value is -0.790. The summed E-state index contributed by atoms with van der Waals surface area (Å²) in [4.78, 5) is 11.5. The minimum absolute atomic E-state index is 0.0456. The maximum Gasteiger partial charge on any atom is 0.334 e. The lowest BCUT2D eigenvalue weighted by Gasteiger charge is -2.19. The number of unbranched alkanes of at least 4 members (excludes halogenated alkanes) is 1. The molecule has 0 aromatic rings. The first kappa shape index (κ1) is 9.75. The maximum atomic E-state index is 11.5. The largest absolute Gasteiger partial charge is 0.458 e. The minimum atomic E-state index is -0.0456. The number of fused-ring (bicyclic) bond motifs is 1. The number of allylic oxidation sites excluding steroid dienone is 1. The SMILES string of the molecule is CCCC[C@@H]1OC(=O)C2=CCCC[C@H]21. The highest BCUT2D eigenvalue weighted by Crippen LogP contribution is 2.37. The first-order valence-corrected chi connectivity index (χ1v) is 5.74. The molecule has 2 aliphatic rings. The Morgan fingerprint density at radius 2 is 2.43 bits per heavy atom. The van der Waals surface area contributed by atoms with Gasteiger partial charge in [0.25, 0.3) is 0 Å². The van der Waals surface area contributed by atoms with Gasteiger partial charge in [0.05, 0.1) is 0 Å². The molecule has 0 radical (unpaired) electrons. The molecule has 2 rings (SSSR count). The molecule has 0 saturated carbocycles. The van der Waals surface area contributed by atoms with Crippen LogP contribution in [0.4, 0.5) is 0 Å². The zero-order valence-electron chi connectivity index (χ0n) is 8.79. The lowest BCUT2D eigenvalue weighted by Crippen LogP contribution is -2.18. The van der Waals surface area contributed by atoms with Crippen LogP contribution in [0, 0.1) is 5.92 Å². The summed E-state index contributed by atoms with van der Waals surface area (Å²) in [5.74, 6) is 0.374. The van der Waals surface area contributed by atoms with Crippen LogP contribution in [0.3, 0.4) is 0 Å². The molecule has 0 spiro atoms. The van der Waals surface area contributed by atoms with Crippen molar-refractivity contribution >= 4 is 5.97 Å². The van der Waals surface area contributed by atoms with Crippen molar-refractivity contribution in [1.82, 2.24) is 0 Å². The Bertz CT molecular complexity index is 255. The molecule has 1 fully saturated rings. The summed E-state index contributed by atoms with van der Waals surface area (Å²) in [6.07, 6.45) is 9.09. The van der Waals surface area contributed by atoms with Gasteiger partial charge in [-0.3, -0.25) is 0 Å². The molecule has 1 aliphatic heterocycles. The van der Waals surface area contributed by atoms with Crippen LogP contribution in [0.5, 0.6) is 0 Å². The molecule has 1 aliphatic carbocycles. The van der Waals surface area contributed by atoms with Gasteiger partial charge in [-0.1, -0.05) is 25.8 Å². The zero-order chi connectivity index (χ0) is 9.97. The highest BCUT2D eigenvalue weighted by atomic mass is 16.6. The number of ether oxygens (including phenoxy) is 1. The van der Waals surface area contributed by atoms with Crippen LogP contribution in [-0.4, -0.2) is 12.1 Å². The number of carbonyl (C=O) groups excluding carboxylic acids is 1. The van der Waals surface area contributed by atoms with Gasteiger partial charge in [0.2, 0.25) is 0 Å². The molecule has 1 saturated heterocycles. The number of cyclic esters (lactones) is 1. The van der Waals surface area contributed by atoms with Gasteiger partial charge in [-0.15, -0.1) is 0 Å². The molecule has 0 bridgehead atoms. The minimum Gasteiger partial charge on any atom is -0.458 e. The smallest absolute Gasteiger partial charge is 0.334 e. The van der Waals surface area contributed by atoms with Crippen LogP contribution in [0.1, 0.15) is 45.4 Å². The van der Waals surface area contributed by atoms with E-state index in [1.54, 1.807) is 0 Å². The van der Waals surface area contributed by atoms with E-state index < -0.39 is 0 Å². The van der Waals surface area contributed by atoms with Gasteiger partial charge >= 0.3 is 5.97 Å². The van der Waals surface area contributed by atoms with Crippen LogP contribution < -0.4 is 0 Å². The van der Waals surface area contributed by atoms with Crippen LogP contribution >= 0.6 is 0 Å². The zero-order valence-corrected chi connectivity index (χ0v) is 8.79. The van der Waals surface area contributed by atoms with E-state index in [4.69, 9.17) is 4.74 Å². The summed E-state index contributed by atoms with van der Waals surface area (Å²) < 4.78 is 5.40. The van der Waals surface area contributed by atoms with Crippen molar-refractivity contribution in [1.29, 1.82) is 0 Å². The van der Waals surface area contributed by atoms with Crippen LogP contribution in [0.25, 0.3) is 0 Å². The fraction of sp³-hybridized carbons (Fsp3) is 0.750. The van der Waals surface area contributed by atoms with E-state index in [2.05, 4.69) is 13.0 Å². The number of rotatable bonds is 3. The monoisotopic (exact) mass is 194 g/mol. The van der Waals surface area contributed by atoms with Crippen LogP contribution in [-0.2, 0) is 9.53 Å². The normalized spacial score (nSPS) is 30.9. The van der Waals surface area contributed by atoms with E-state index in [1.807, 2.05) is 0 Å². The van der Waals surface area contributed by atoms with Crippen molar-refractivity contribution in [3.63, 3.8) is 0 Å². The number of hydrogen-bond acceptors (Lipinski definition) is 2. The molecule has 0 aromatic heterocycles. The molecule has 0 aromatic carbocycles. The molecule has 2 nitrogen and oxygen atoms in total. The van der Waals surface area contributed by atoms with E-state index in [0.29, 0.717) is 5.92 Å². The lowest BCUT2D eigenvalue weighted by atomic mass is 9.84. The Labute approximate surface area is 85.3 Å². The van der Waals surface area contributed by atoms with Gasteiger partial charge < -0.3 is 4.74 Å². The van der Waals surface area contributed by atoms with Crippen LogP contribution in [0.15, 0.2) is 11.6 Å². The predicted octanol–water partition coefficient (Wildman–Crippen LogP) is 2.83. The fourth-order valence-corrected chi connectivity index (χ4v) is 2.48. The average molecular weight is 194 g/mol. The molecular weight excluding hydrogens is 176 g/mol. The van der Waals surface area contributed by atoms with Gasteiger partial charge in [0, 0.05) is 11.5 Å². The Kier molecular flexibility index (Phi) is 2.90. The highest BCUT2D eigenvalue weighted by molar-refractivity contribution is 5.91. The molecule has 2 atom stereocenters. The Balaban J connectivity index is 2.04. The molecule has 78 valence electrons.